The molecule has 0 aliphatic rings. The summed E-state index contributed by atoms with van der Waals surface area (Å²) in [4.78, 5) is 1.15. The van der Waals surface area contributed by atoms with Gasteiger partial charge in [-0.05, 0) is 19.1 Å². The first-order valence-corrected chi connectivity index (χ1v) is 7.09. The second kappa shape index (κ2) is 5.19. The lowest BCUT2D eigenvalue weighted by Crippen LogP contribution is -1.89. The molecule has 0 amide bonds. The van der Waals surface area contributed by atoms with E-state index in [1.807, 2.05) is 24.3 Å². The van der Waals surface area contributed by atoms with Gasteiger partial charge in [-0.15, -0.1) is 10.2 Å². The summed E-state index contributed by atoms with van der Waals surface area (Å²) >= 11 is 7.67. The normalized spacial score (nSPS) is 10.8. The topological polar surface area (TPSA) is 25.8 Å². The van der Waals surface area contributed by atoms with Gasteiger partial charge in [-0.2, -0.15) is 0 Å². The van der Waals surface area contributed by atoms with Gasteiger partial charge in [-0.3, -0.25) is 0 Å². The van der Waals surface area contributed by atoms with Crippen LogP contribution in [0.5, 0.6) is 0 Å². The van der Waals surface area contributed by atoms with Crippen LogP contribution in [0.25, 0.3) is 10.8 Å². The minimum atomic E-state index is 0.448. The summed E-state index contributed by atoms with van der Waals surface area (Å²) in [7, 11) is 0. The van der Waals surface area contributed by atoms with Gasteiger partial charge in [0.1, 0.15) is 5.03 Å². The molecule has 4 heteroatoms. The number of aryl methyl sites for hydroxylation is 1. The van der Waals surface area contributed by atoms with Crippen molar-refractivity contribution in [2.75, 3.05) is 0 Å². The van der Waals surface area contributed by atoms with Crippen LogP contribution >= 0.6 is 23.4 Å². The number of benzene rings is 2. The summed E-state index contributed by atoms with van der Waals surface area (Å²) in [6.07, 6.45) is 0. The van der Waals surface area contributed by atoms with E-state index in [4.69, 9.17) is 11.6 Å². The van der Waals surface area contributed by atoms with Crippen LogP contribution in [0.3, 0.4) is 0 Å². The summed E-state index contributed by atoms with van der Waals surface area (Å²) in [6.45, 7) is 2.08. The zero-order chi connectivity index (χ0) is 13.2. The van der Waals surface area contributed by atoms with Crippen molar-refractivity contribution in [3.63, 3.8) is 0 Å². The van der Waals surface area contributed by atoms with E-state index in [2.05, 4.69) is 41.4 Å². The zero-order valence-corrected chi connectivity index (χ0v) is 11.9. The molecule has 2 aromatic carbocycles. The van der Waals surface area contributed by atoms with Crippen molar-refractivity contribution in [2.45, 2.75) is 16.8 Å². The zero-order valence-electron chi connectivity index (χ0n) is 10.3. The second-order valence-corrected chi connectivity index (χ2v) is 5.68. The summed E-state index contributed by atoms with van der Waals surface area (Å²) in [6, 6.07) is 16.3. The molecular weight excluding hydrogens is 276 g/mol. The molecule has 3 aromatic rings. The highest BCUT2D eigenvalue weighted by Gasteiger charge is 2.08. The number of hydrogen-bond donors (Lipinski definition) is 0. The lowest BCUT2D eigenvalue weighted by molar-refractivity contribution is 0.956. The first kappa shape index (κ1) is 12.5. The molecule has 0 fully saturated rings. The Morgan fingerprint density at radius 1 is 0.895 bits per heavy atom. The Balaban J connectivity index is 2.06. The summed E-state index contributed by atoms with van der Waals surface area (Å²) < 4.78 is 0. The van der Waals surface area contributed by atoms with Gasteiger partial charge in [-0.1, -0.05) is 65.3 Å². The van der Waals surface area contributed by atoms with E-state index < -0.39 is 0 Å². The van der Waals surface area contributed by atoms with Gasteiger partial charge in [0, 0.05) is 15.7 Å². The smallest absolute Gasteiger partial charge is 0.142 e. The highest BCUT2D eigenvalue weighted by atomic mass is 35.5. The molecule has 94 valence electrons. The second-order valence-electron chi connectivity index (χ2n) is 4.26. The molecule has 0 aliphatic carbocycles. The molecule has 1 aromatic heterocycles. The van der Waals surface area contributed by atoms with Crippen LogP contribution in [0.15, 0.2) is 58.5 Å². The maximum Gasteiger partial charge on any atom is 0.159 e. The number of hydrogen-bond acceptors (Lipinski definition) is 3. The van der Waals surface area contributed by atoms with Crippen LogP contribution in [-0.4, -0.2) is 10.2 Å². The molecule has 0 bridgehead atoms. The number of nitrogens with zero attached hydrogens (tertiary/aromatic N) is 2. The number of fused-ring (bicyclic) bond motifs is 1. The molecule has 0 saturated heterocycles. The summed E-state index contributed by atoms with van der Waals surface area (Å²) in [5.74, 6) is 0. The lowest BCUT2D eigenvalue weighted by Gasteiger charge is -2.05. The van der Waals surface area contributed by atoms with Gasteiger partial charge in [0.05, 0.1) is 0 Å². The van der Waals surface area contributed by atoms with Gasteiger partial charge >= 0.3 is 0 Å². The largest absolute Gasteiger partial charge is 0.159 e. The Kier molecular flexibility index (Phi) is 3.40. The maximum atomic E-state index is 6.07. The molecule has 1 heterocycles. The summed E-state index contributed by atoms with van der Waals surface area (Å²) in [5.41, 5.74) is 1.25. The molecule has 0 N–H and O–H groups in total. The van der Waals surface area contributed by atoms with Crippen molar-refractivity contribution < 1.29 is 0 Å². The van der Waals surface area contributed by atoms with E-state index in [-0.39, 0.29) is 0 Å². The van der Waals surface area contributed by atoms with Gasteiger partial charge in [0.15, 0.2) is 5.15 Å². The molecule has 0 atom stereocenters. The van der Waals surface area contributed by atoms with Crippen molar-refractivity contribution in [2.24, 2.45) is 0 Å². The van der Waals surface area contributed by atoms with Crippen LogP contribution in [0, 0.1) is 6.92 Å². The third kappa shape index (κ3) is 2.57. The third-order valence-electron chi connectivity index (χ3n) is 2.84. The van der Waals surface area contributed by atoms with E-state index in [1.165, 1.54) is 5.56 Å². The van der Waals surface area contributed by atoms with Crippen LogP contribution in [0.1, 0.15) is 5.56 Å². The molecule has 0 saturated carbocycles. The fraction of sp³-hybridized carbons (Fsp3) is 0.0667. The van der Waals surface area contributed by atoms with Crippen LogP contribution in [-0.2, 0) is 0 Å². The number of aromatic nitrogens is 2. The molecule has 0 radical (unpaired) electrons. The van der Waals surface area contributed by atoms with Crippen molar-refractivity contribution in [3.8, 4) is 0 Å². The molecule has 0 unspecified atom stereocenters. The molecule has 0 spiro atoms. The predicted octanol–water partition coefficient (Wildman–Crippen LogP) is 4.74. The molecule has 3 rings (SSSR count). The Morgan fingerprint density at radius 2 is 1.58 bits per heavy atom. The van der Waals surface area contributed by atoms with Gasteiger partial charge in [0.2, 0.25) is 0 Å². The van der Waals surface area contributed by atoms with Gasteiger partial charge in [-0.25, -0.2) is 0 Å². The average molecular weight is 287 g/mol. The Hall–Kier alpha value is -1.58. The first-order chi connectivity index (χ1) is 9.24. The number of halogens is 1. The lowest BCUT2D eigenvalue weighted by atomic mass is 10.2. The maximum absolute atomic E-state index is 6.07. The quantitative estimate of drug-likeness (QED) is 0.680. The molecule has 0 aliphatic heterocycles. The Morgan fingerprint density at radius 3 is 2.32 bits per heavy atom. The average Bonchev–Trinajstić information content (AvgIpc) is 2.45. The van der Waals surface area contributed by atoms with E-state index in [1.54, 1.807) is 11.8 Å². The van der Waals surface area contributed by atoms with Crippen molar-refractivity contribution >= 4 is 34.1 Å². The molecule has 19 heavy (non-hydrogen) atoms. The van der Waals surface area contributed by atoms with Crippen LogP contribution in [0.2, 0.25) is 5.15 Å². The monoisotopic (exact) mass is 286 g/mol. The van der Waals surface area contributed by atoms with E-state index in [0.717, 1.165) is 20.7 Å². The van der Waals surface area contributed by atoms with E-state index >= 15 is 0 Å². The van der Waals surface area contributed by atoms with Crippen molar-refractivity contribution in [1.82, 2.24) is 10.2 Å². The van der Waals surface area contributed by atoms with E-state index in [9.17, 15) is 0 Å². The highest BCUT2D eigenvalue weighted by molar-refractivity contribution is 7.99. The Bertz CT molecular complexity index is 726. The minimum Gasteiger partial charge on any atom is -0.142 e. The fourth-order valence-corrected chi connectivity index (χ4v) is 2.91. The Labute approximate surface area is 120 Å². The van der Waals surface area contributed by atoms with E-state index in [0.29, 0.717) is 5.15 Å². The highest BCUT2D eigenvalue weighted by Crippen LogP contribution is 2.33. The van der Waals surface area contributed by atoms with Gasteiger partial charge < -0.3 is 0 Å². The SMILES string of the molecule is Cc1ccc(Sc2nnc(Cl)c3ccccc23)cc1. The van der Waals surface area contributed by atoms with Crippen LogP contribution in [0.4, 0.5) is 0 Å². The minimum absolute atomic E-state index is 0.448. The van der Waals surface area contributed by atoms with Gasteiger partial charge in [0.25, 0.3) is 0 Å². The summed E-state index contributed by atoms with van der Waals surface area (Å²) in [5, 5.41) is 11.5. The van der Waals surface area contributed by atoms with Crippen molar-refractivity contribution in [3.05, 3.63) is 59.2 Å². The molecule has 2 nitrogen and oxygen atoms in total. The first-order valence-electron chi connectivity index (χ1n) is 5.89. The standard InChI is InChI=1S/C15H11ClN2S/c1-10-6-8-11(9-7-10)19-15-13-5-3-2-4-12(13)14(16)17-18-15/h2-9H,1H3. The number of rotatable bonds is 2. The van der Waals surface area contributed by atoms with Crippen molar-refractivity contribution in [1.29, 1.82) is 0 Å². The fourth-order valence-electron chi connectivity index (χ4n) is 1.84. The molecular formula is C15H11ClN2S. The third-order valence-corrected chi connectivity index (χ3v) is 4.13. The van der Waals surface area contributed by atoms with Crippen LogP contribution < -0.4 is 0 Å². The predicted molar refractivity (Wildman–Crippen MR) is 79.9 cm³/mol.